The molecule has 2 radical (unpaired) electrons. The van der Waals surface area contributed by atoms with Gasteiger partial charge in [-0.15, -0.1) is 0 Å². The number of hydrogen-bond donors (Lipinski definition) is 0. The van der Waals surface area contributed by atoms with Crippen LogP contribution in [0.15, 0.2) is 18.7 Å². The van der Waals surface area contributed by atoms with Crippen LogP contribution in [-0.2, 0) is 10.8 Å². The van der Waals surface area contributed by atoms with Crippen molar-refractivity contribution < 1.29 is 0 Å². The molecule has 0 fully saturated rings. The van der Waals surface area contributed by atoms with Crippen LogP contribution >= 0.6 is 0 Å². The molecule has 20 heavy (non-hydrogen) atoms. The molecular formula is C19H27B. The van der Waals surface area contributed by atoms with Gasteiger partial charge in [0.15, 0.2) is 0 Å². The third kappa shape index (κ3) is 2.26. The van der Waals surface area contributed by atoms with Gasteiger partial charge in [0.1, 0.15) is 0 Å². The van der Waals surface area contributed by atoms with Crippen LogP contribution in [0, 0.1) is 12.8 Å². The van der Waals surface area contributed by atoms with E-state index in [0.29, 0.717) is 12.2 Å². The molecule has 1 heteroatoms. The first-order valence-corrected chi connectivity index (χ1v) is 7.65. The van der Waals surface area contributed by atoms with Gasteiger partial charge in [-0.05, 0) is 52.3 Å². The Balaban J connectivity index is 2.71. The highest BCUT2D eigenvalue weighted by molar-refractivity contribution is 6.14. The molecule has 2 rings (SSSR count). The van der Waals surface area contributed by atoms with Crippen LogP contribution in [0.5, 0.6) is 0 Å². The predicted molar refractivity (Wildman–Crippen MR) is 90.6 cm³/mol. The van der Waals surface area contributed by atoms with Gasteiger partial charge in [-0.2, -0.15) is 0 Å². The van der Waals surface area contributed by atoms with Crippen molar-refractivity contribution in [1.82, 2.24) is 0 Å². The van der Waals surface area contributed by atoms with Crippen LogP contribution in [0.3, 0.4) is 0 Å². The topological polar surface area (TPSA) is 0 Å². The molecule has 0 amide bonds. The van der Waals surface area contributed by atoms with Crippen LogP contribution in [0.4, 0.5) is 0 Å². The Kier molecular flexibility index (Phi) is 3.69. The predicted octanol–water partition coefficient (Wildman–Crippen LogP) is 5.19. The van der Waals surface area contributed by atoms with Crippen molar-refractivity contribution in [2.45, 2.75) is 65.1 Å². The van der Waals surface area contributed by atoms with Gasteiger partial charge >= 0.3 is 0 Å². The van der Waals surface area contributed by atoms with Gasteiger partial charge in [-0.3, -0.25) is 0 Å². The van der Waals surface area contributed by atoms with E-state index in [2.05, 4.69) is 60.3 Å². The van der Waals surface area contributed by atoms with E-state index in [-0.39, 0.29) is 10.8 Å². The van der Waals surface area contributed by atoms with Gasteiger partial charge in [-0.25, -0.2) is 0 Å². The van der Waals surface area contributed by atoms with Crippen LogP contribution in [0.1, 0.15) is 63.3 Å². The first-order valence-electron chi connectivity index (χ1n) is 7.65. The highest BCUT2D eigenvalue weighted by Gasteiger charge is 2.42. The maximum absolute atomic E-state index is 5.79. The molecule has 1 aliphatic carbocycles. The van der Waals surface area contributed by atoms with Crippen molar-refractivity contribution >= 4 is 13.4 Å². The average Bonchev–Trinajstić information content (AvgIpc) is 2.35. The molecule has 0 saturated carbocycles. The number of aryl methyl sites for hydroxylation is 1. The van der Waals surface area contributed by atoms with Gasteiger partial charge < -0.3 is 0 Å². The number of rotatable bonds is 2. The lowest BCUT2D eigenvalue weighted by atomic mass is 9.57. The second kappa shape index (κ2) is 4.79. The first kappa shape index (κ1) is 15.4. The first-order chi connectivity index (χ1) is 9.11. The highest BCUT2D eigenvalue weighted by atomic mass is 14.5. The van der Waals surface area contributed by atoms with E-state index in [9.17, 15) is 0 Å². The summed E-state index contributed by atoms with van der Waals surface area (Å²) in [6.07, 6.45) is 1.75. The van der Waals surface area contributed by atoms with E-state index in [4.69, 9.17) is 7.85 Å². The number of benzene rings is 1. The maximum Gasteiger partial charge on any atom is 0.0716 e. The van der Waals surface area contributed by atoms with E-state index in [1.165, 1.54) is 28.7 Å². The molecule has 0 saturated heterocycles. The maximum atomic E-state index is 5.79. The molecule has 0 N–H and O–H groups in total. The SMILES string of the molecule is [B]CC(=C)c1cc2c(cc1C)C(C)(C)C(C)CC2(C)C. The fourth-order valence-electron chi connectivity index (χ4n) is 3.69. The summed E-state index contributed by atoms with van der Waals surface area (Å²) in [7, 11) is 5.79. The number of hydrogen-bond acceptors (Lipinski definition) is 0. The molecule has 0 spiro atoms. The third-order valence-electron chi connectivity index (χ3n) is 5.46. The van der Waals surface area contributed by atoms with Crippen molar-refractivity contribution in [3.8, 4) is 0 Å². The largest absolute Gasteiger partial charge is 0.0960 e. The molecular weight excluding hydrogens is 239 g/mol. The van der Waals surface area contributed by atoms with Gasteiger partial charge in [0.25, 0.3) is 0 Å². The van der Waals surface area contributed by atoms with E-state index < -0.39 is 0 Å². The minimum absolute atomic E-state index is 0.224. The minimum Gasteiger partial charge on any atom is -0.0960 e. The summed E-state index contributed by atoms with van der Waals surface area (Å²) >= 11 is 0. The Hall–Kier alpha value is -0.975. The lowest BCUT2D eigenvalue weighted by molar-refractivity contribution is 0.233. The van der Waals surface area contributed by atoms with Crippen LogP contribution in [0.2, 0.25) is 6.32 Å². The minimum atomic E-state index is 0.224. The normalized spacial score (nSPS) is 23.2. The summed E-state index contributed by atoms with van der Waals surface area (Å²) in [5.74, 6) is 0.688. The second-order valence-corrected chi connectivity index (χ2v) is 7.73. The van der Waals surface area contributed by atoms with Crippen molar-refractivity contribution in [2.75, 3.05) is 0 Å². The summed E-state index contributed by atoms with van der Waals surface area (Å²) in [6.45, 7) is 18.2. The molecule has 1 aromatic carbocycles. The van der Waals surface area contributed by atoms with Crippen LogP contribution in [-0.4, -0.2) is 7.85 Å². The fourth-order valence-corrected chi connectivity index (χ4v) is 3.69. The third-order valence-corrected chi connectivity index (χ3v) is 5.46. The smallest absolute Gasteiger partial charge is 0.0716 e. The van der Waals surface area contributed by atoms with E-state index in [1.807, 2.05) is 0 Å². The van der Waals surface area contributed by atoms with Gasteiger partial charge in [0, 0.05) is 0 Å². The van der Waals surface area contributed by atoms with Crippen LogP contribution in [0.25, 0.3) is 5.57 Å². The molecule has 1 unspecified atom stereocenters. The average molecular weight is 266 g/mol. The Morgan fingerprint density at radius 1 is 1.25 bits per heavy atom. The Morgan fingerprint density at radius 3 is 2.40 bits per heavy atom. The Labute approximate surface area is 126 Å². The quantitative estimate of drug-likeness (QED) is 0.646. The molecule has 1 aliphatic rings. The van der Waals surface area contributed by atoms with Gasteiger partial charge in [0.05, 0.1) is 7.85 Å². The van der Waals surface area contributed by atoms with Crippen molar-refractivity contribution in [1.29, 1.82) is 0 Å². The highest BCUT2D eigenvalue weighted by Crippen LogP contribution is 2.50. The number of allylic oxidation sites excluding steroid dienone is 1. The summed E-state index contributed by atoms with van der Waals surface area (Å²) in [6, 6.07) is 4.73. The standard InChI is InChI=1S/C19H27B/c1-12-8-17-16(9-15(12)13(2)11-20)18(4,5)10-14(3)19(17,6)7/h8-9,14H,2,10-11H2,1,3-7H3. The summed E-state index contributed by atoms with van der Waals surface area (Å²) in [4.78, 5) is 0. The monoisotopic (exact) mass is 266 g/mol. The molecule has 0 nitrogen and oxygen atoms in total. The lowest BCUT2D eigenvalue weighted by Crippen LogP contribution is -2.40. The van der Waals surface area contributed by atoms with Crippen LogP contribution < -0.4 is 0 Å². The zero-order valence-electron chi connectivity index (χ0n) is 13.9. The molecule has 1 aromatic rings. The number of fused-ring (bicyclic) bond motifs is 1. The Morgan fingerprint density at radius 2 is 1.85 bits per heavy atom. The molecule has 0 aromatic heterocycles. The van der Waals surface area contributed by atoms with E-state index >= 15 is 0 Å². The van der Waals surface area contributed by atoms with Gasteiger partial charge in [-0.1, -0.05) is 65.2 Å². The van der Waals surface area contributed by atoms with Crippen molar-refractivity contribution in [3.63, 3.8) is 0 Å². The summed E-state index contributed by atoms with van der Waals surface area (Å²) in [5, 5.41) is 0. The van der Waals surface area contributed by atoms with E-state index in [1.54, 1.807) is 0 Å². The molecule has 106 valence electrons. The second-order valence-electron chi connectivity index (χ2n) is 7.73. The van der Waals surface area contributed by atoms with Crippen molar-refractivity contribution in [3.05, 3.63) is 41.0 Å². The fraction of sp³-hybridized carbons (Fsp3) is 0.579. The molecule has 0 bridgehead atoms. The molecule has 1 atom stereocenters. The lowest BCUT2D eigenvalue weighted by Gasteiger charge is -2.47. The summed E-state index contributed by atoms with van der Waals surface area (Å²) < 4.78 is 0. The zero-order valence-corrected chi connectivity index (χ0v) is 13.9. The molecule has 0 aliphatic heterocycles. The zero-order chi connectivity index (χ0) is 15.3. The van der Waals surface area contributed by atoms with E-state index in [0.717, 1.165) is 5.57 Å². The van der Waals surface area contributed by atoms with Gasteiger partial charge in [0.2, 0.25) is 0 Å². The van der Waals surface area contributed by atoms with Crippen molar-refractivity contribution in [2.24, 2.45) is 5.92 Å². The molecule has 0 heterocycles. The Bertz CT molecular complexity index is 549. The summed E-state index contributed by atoms with van der Waals surface area (Å²) in [5.41, 5.74) is 7.03.